The van der Waals surface area contributed by atoms with Crippen molar-refractivity contribution in [3.05, 3.63) is 0 Å². The maximum atomic E-state index is 10.4. The largest absolute Gasteiger partial charge is 0.480 e. The molecule has 0 aromatic heterocycles. The fourth-order valence-corrected chi connectivity index (χ4v) is 1.56. The number of rotatable bonds is 4. The van der Waals surface area contributed by atoms with E-state index in [9.17, 15) is 4.79 Å². The quantitative estimate of drug-likeness (QED) is 0.575. The highest BCUT2D eigenvalue weighted by Crippen LogP contribution is 2.12. The summed E-state index contributed by atoms with van der Waals surface area (Å²) in [4.78, 5) is 10.4. The number of carboxylic acid groups (broad SMARTS) is 1. The summed E-state index contributed by atoms with van der Waals surface area (Å²) in [6.07, 6.45) is 2.10. The number of nitrogens with two attached hydrogens (primary N) is 1. The van der Waals surface area contributed by atoms with Crippen molar-refractivity contribution in [2.75, 3.05) is 13.2 Å². The van der Waals surface area contributed by atoms with Crippen LogP contribution in [0.25, 0.3) is 0 Å². The van der Waals surface area contributed by atoms with E-state index in [1.165, 1.54) is 0 Å². The minimum atomic E-state index is -0.961. The number of hydrogen-bond donors (Lipinski definition) is 3. The first-order valence-corrected chi connectivity index (χ1v) is 4.93. The molecule has 0 spiro atoms. The van der Waals surface area contributed by atoms with E-state index in [-0.39, 0.29) is 6.10 Å². The van der Waals surface area contributed by atoms with Crippen LogP contribution in [0.3, 0.4) is 0 Å². The van der Waals surface area contributed by atoms with Gasteiger partial charge in [-0.3, -0.25) is 4.79 Å². The molecule has 0 bridgehead atoms. The van der Waals surface area contributed by atoms with Crippen molar-refractivity contribution < 1.29 is 14.6 Å². The molecular weight excluding hydrogens is 184 g/mol. The molecule has 3 unspecified atom stereocenters. The second-order valence-electron chi connectivity index (χ2n) is 3.76. The van der Waals surface area contributed by atoms with Crippen LogP contribution in [0.1, 0.15) is 19.8 Å². The topological polar surface area (TPSA) is 84.6 Å². The molecule has 5 heteroatoms. The Labute approximate surface area is 83.6 Å². The number of carbonyl (C=O) groups is 1. The third kappa shape index (κ3) is 3.61. The summed E-state index contributed by atoms with van der Waals surface area (Å²) < 4.78 is 5.37. The minimum Gasteiger partial charge on any atom is -0.480 e. The van der Waals surface area contributed by atoms with Gasteiger partial charge in [0.1, 0.15) is 6.04 Å². The van der Waals surface area contributed by atoms with E-state index in [1.807, 2.05) is 6.92 Å². The molecule has 1 saturated heterocycles. The summed E-state index contributed by atoms with van der Waals surface area (Å²) in [5.41, 5.74) is 5.38. The Balaban J connectivity index is 2.20. The van der Waals surface area contributed by atoms with Gasteiger partial charge in [0.25, 0.3) is 0 Å². The zero-order valence-electron chi connectivity index (χ0n) is 8.40. The van der Waals surface area contributed by atoms with Crippen LogP contribution in [-0.2, 0) is 9.53 Å². The van der Waals surface area contributed by atoms with Crippen LogP contribution < -0.4 is 11.1 Å². The Hall–Kier alpha value is -0.650. The maximum Gasteiger partial charge on any atom is 0.321 e. The van der Waals surface area contributed by atoms with Crippen molar-refractivity contribution in [3.63, 3.8) is 0 Å². The lowest BCUT2D eigenvalue weighted by Crippen LogP contribution is -2.46. The minimum absolute atomic E-state index is 0.252. The van der Waals surface area contributed by atoms with Crippen molar-refractivity contribution in [3.8, 4) is 0 Å². The molecule has 1 aliphatic rings. The van der Waals surface area contributed by atoms with Gasteiger partial charge in [0, 0.05) is 19.2 Å². The van der Waals surface area contributed by atoms with Gasteiger partial charge in [-0.2, -0.15) is 0 Å². The van der Waals surface area contributed by atoms with Crippen LogP contribution in [0.4, 0.5) is 0 Å². The second-order valence-corrected chi connectivity index (χ2v) is 3.76. The summed E-state index contributed by atoms with van der Waals surface area (Å²) in [5, 5.41) is 11.7. The van der Waals surface area contributed by atoms with E-state index in [1.54, 1.807) is 0 Å². The predicted octanol–water partition coefficient (Wildman–Crippen LogP) is -0.445. The number of aliphatic carboxylic acids is 1. The van der Waals surface area contributed by atoms with Crippen molar-refractivity contribution >= 4 is 5.97 Å². The zero-order chi connectivity index (χ0) is 10.6. The van der Waals surface area contributed by atoms with Crippen LogP contribution in [0, 0.1) is 0 Å². The fraction of sp³-hybridized carbons (Fsp3) is 0.889. The number of nitrogens with one attached hydrogen (secondary N) is 1. The molecule has 1 fully saturated rings. The monoisotopic (exact) mass is 202 g/mol. The van der Waals surface area contributed by atoms with Crippen LogP contribution in [0.15, 0.2) is 0 Å². The van der Waals surface area contributed by atoms with Crippen molar-refractivity contribution in [2.45, 2.75) is 38.0 Å². The molecule has 1 aliphatic heterocycles. The molecule has 4 N–H and O–H groups in total. The van der Waals surface area contributed by atoms with E-state index >= 15 is 0 Å². The lowest BCUT2D eigenvalue weighted by Gasteiger charge is -2.28. The third-order valence-electron chi connectivity index (χ3n) is 2.43. The van der Waals surface area contributed by atoms with Gasteiger partial charge in [-0.25, -0.2) is 0 Å². The fourth-order valence-electron chi connectivity index (χ4n) is 1.56. The summed E-state index contributed by atoms with van der Waals surface area (Å²) in [6, 6.07) is -0.475. The highest BCUT2D eigenvalue weighted by atomic mass is 16.5. The smallest absolute Gasteiger partial charge is 0.321 e. The highest BCUT2D eigenvalue weighted by Gasteiger charge is 2.20. The van der Waals surface area contributed by atoms with Gasteiger partial charge in [-0.1, -0.05) is 0 Å². The van der Waals surface area contributed by atoms with Crippen molar-refractivity contribution in [1.29, 1.82) is 0 Å². The van der Waals surface area contributed by atoms with Crippen LogP contribution in [-0.4, -0.2) is 42.4 Å². The molecule has 0 radical (unpaired) electrons. The Morgan fingerprint density at radius 2 is 2.50 bits per heavy atom. The first-order chi connectivity index (χ1) is 6.59. The van der Waals surface area contributed by atoms with Gasteiger partial charge in [-0.15, -0.1) is 0 Å². The standard InChI is InChI=1S/C9H18N2O3/c1-6-4-7(2-3-14-6)11-5-8(10)9(12)13/h6-8,11H,2-5,10H2,1H3,(H,12,13). The molecule has 0 saturated carbocycles. The molecule has 0 aromatic carbocycles. The van der Waals surface area contributed by atoms with Crippen LogP contribution in [0.2, 0.25) is 0 Å². The summed E-state index contributed by atoms with van der Waals surface area (Å²) in [5.74, 6) is -0.961. The third-order valence-corrected chi connectivity index (χ3v) is 2.43. The average molecular weight is 202 g/mol. The first kappa shape index (κ1) is 11.4. The normalized spacial score (nSPS) is 29.9. The molecular formula is C9H18N2O3. The summed E-state index contributed by atoms with van der Waals surface area (Å²) in [7, 11) is 0. The number of hydrogen-bond acceptors (Lipinski definition) is 4. The Morgan fingerprint density at radius 3 is 3.07 bits per heavy atom. The molecule has 0 aliphatic carbocycles. The summed E-state index contributed by atoms with van der Waals surface area (Å²) in [6.45, 7) is 3.08. The van der Waals surface area contributed by atoms with E-state index in [0.717, 1.165) is 19.4 Å². The van der Waals surface area contributed by atoms with E-state index in [0.29, 0.717) is 12.6 Å². The Morgan fingerprint density at radius 1 is 1.79 bits per heavy atom. The number of ether oxygens (including phenoxy) is 1. The molecule has 3 atom stereocenters. The molecule has 14 heavy (non-hydrogen) atoms. The van der Waals surface area contributed by atoms with Crippen molar-refractivity contribution in [1.82, 2.24) is 5.32 Å². The summed E-state index contributed by atoms with van der Waals surface area (Å²) >= 11 is 0. The van der Waals surface area contributed by atoms with Gasteiger partial charge in [0.2, 0.25) is 0 Å². The Bertz CT molecular complexity index is 198. The van der Waals surface area contributed by atoms with Gasteiger partial charge in [-0.05, 0) is 19.8 Å². The lowest BCUT2D eigenvalue weighted by atomic mass is 10.0. The van der Waals surface area contributed by atoms with E-state index in [4.69, 9.17) is 15.6 Å². The van der Waals surface area contributed by atoms with E-state index < -0.39 is 12.0 Å². The van der Waals surface area contributed by atoms with Gasteiger partial charge < -0.3 is 20.9 Å². The predicted molar refractivity (Wildman–Crippen MR) is 52.0 cm³/mol. The van der Waals surface area contributed by atoms with Crippen LogP contribution in [0.5, 0.6) is 0 Å². The van der Waals surface area contributed by atoms with Gasteiger partial charge >= 0.3 is 5.97 Å². The van der Waals surface area contributed by atoms with E-state index in [2.05, 4.69) is 5.32 Å². The maximum absolute atomic E-state index is 10.4. The van der Waals surface area contributed by atoms with Crippen molar-refractivity contribution in [2.24, 2.45) is 5.73 Å². The molecule has 0 amide bonds. The molecule has 0 aromatic rings. The lowest BCUT2D eigenvalue weighted by molar-refractivity contribution is -0.138. The molecule has 82 valence electrons. The number of carboxylic acids is 1. The zero-order valence-corrected chi connectivity index (χ0v) is 8.40. The van der Waals surface area contributed by atoms with Gasteiger partial charge in [0.15, 0.2) is 0 Å². The molecule has 1 heterocycles. The first-order valence-electron chi connectivity index (χ1n) is 4.93. The second kappa shape index (κ2) is 5.29. The highest BCUT2D eigenvalue weighted by molar-refractivity contribution is 5.73. The average Bonchev–Trinajstić information content (AvgIpc) is 2.14. The van der Waals surface area contributed by atoms with Gasteiger partial charge in [0.05, 0.1) is 6.10 Å². The Kier molecular flexibility index (Phi) is 4.31. The molecule has 1 rings (SSSR count). The SMILES string of the molecule is CC1CC(NCC(N)C(=O)O)CCO1. The molecule has 5 nitrogen and oxygen atoms in total. The van der Waals surface area contributed by atoms with Crippen LogP contribution >= 0.6 is 0 Å².